The van der Waals surface area contributed by atoms with Gasteiger partial charge in [-0.15, -0.1) is 16.1 Å². The van der Waals surface area contributed by atoms with E-state index in [1.807, 2.05) is 0 Å². The number of imidazole rings is 2. The molecule has 39 heteroatoms. The molecule has 1 aromatic carbocycles. The number of amides is 1. The SMILES string of the molecule is CO[P+](O)(O)O[C@@H]1C[C@H](n2cnc3c(=O)[nH]c(N)nc32)O[C@@H]1COP(=O)(O)O[C@@H]1C[C@H](n2cnc3c(=O)[nH]c(N)nc32)O[C@@H]1COP(=O)(O)OC(CCl)CNC(=O)CCCCCNc1ccc([N+](=O)[O-])cc1[N+](=O)[O-]. The van der Waals surface area contributed by atoms with Gasteiger partial charge in [-0.3, -0.25) is 71.8 Å². The van der Waals surface area contributed by atoms with Crippen molar-refractivity contribution >= 4 is 92.6 Å². The first-order chi connectivity index (χ1) is 35.4. The molecule has 0 aliphatic carbocycles. The number of nitro benzene ring substituents is 2. The molecule has 2 fully saturated rings. The third-order valence-electron chi connectivity index (χ3n) is 11.2. The molecule has 35 nitrogen and oxygen atoms in total. The Balaban J connectivity index is 0.956. The molecule has 6 heterocycles. The maximum absolute atomic E-state index is 13.7. The Kier molecular flexibility index (Phi) is 18.3. The lowest BCUT2D eigenvalue weighted by molar-refractivity contribution is -0.393. The second-order valence-corrected chi connectivity index (χ2v) is 21.1. The predicted molar refractivity (Wildman–Crippen MR) is 257 cm³/mol. The van der Waals surface area contributed by atoms with Crippen LogP contribution in [0, 0.1) is 20.2 Å². The van der Waals surface area contributed by atoms with Crippen LogP contribution in [0.3, 0.4) is 0 Å². The minimum Gasteiger partial charge on any atom is -0.379 e. The number of anilines is 3. The first-order valence-electron chi connectivity index (χ1n) is 22.1. The fourth-order valence-corrected chi connectivity index (χ4v) is 10.5. The van der Waals surface area contributed by atoms with Crippen LogP contribution in [0.5, 0.6) is 0 Å². The number of phosphoric ester groups is 2. The number of fused-ring (bicyclic) bond motifs is 2. The van der Waals surface area contributed by atoms with E-state index in [4.69, 9.17) is 55.2 Å². The van der Waals surface area contributed by atoms with Crippen LogP contribution in [0.25, 0.3) is 22.3 Å². The number of hydrogen-bond acceptors (Lipinski definition) is 26. The van der Waals surface area contributed by atoms with E-state index >= 15 is 0 Å². The summed E-state index contributed by atoms with van der Waals surface area (Å²) >= 11 is 6.00. The van der Waals surface area contributed by atoms with Crippen molar-refractivity contribution < 1.29 is 80.0 Å². The number of phosphoric acid groups is 2. The molecule has 4 aromatic heterocycles. The molecule has 2 saturated heterocycles. The van der Waals surface area contributed by atoms with E-state index in [1.54, 1.807) is 0 Å². The monoisotopic (exact) mass is 1140 g/mol. The van der Waals surface area contributed by atoms with Crippen molar-refractivity contribution in [1.82, 2.24) is 44.4 Å². The Morgan fingerprint density at radius 1 is 0.920 bits per heavy atom. The molecule has 0 radical (unpaired) electrons. The summed E-state index contributed by atoms with van der Waals surface area (Å²) in [7, 11) is -13.9. The average Bonchev–Trinajstić information content (AvgIpc) is 4.15. The molecule has 5 aromatic rings. The lowest BCUT2D eigenvalue weighted by Crippen LogP contribution is -2.34. The van der Waals surface area contributed by atoms with Gasteiger partial charge in [-0.25, -0.2) is 19.1 Å². The molecular weight excluding hydrogens is 1090 g/mol. The zero-order valence-electron chi connectivity index (χ0n) is 38.9. The normalized spacial score (nSPS) is 22.0. The number of alkyl halides is 1. The van der Waals surface area contributed by atoms with Crippen LogP contribution >= 0.6 is 35.4 Å². The number of nitrogen functional groups attached to an aromatic ring is 2. The molecule has 0 spiro atoms. The number of nitrogens with zero attached hydrogens (tertiary/aromatic N) is 8. The molecule has 7 rings (SSSR count). The molecule has 0 bridgehead atoms. The lowest BCUT2D eigenvalue weighted by Gasteiger charge is -2.24. The summed E-state index contributed by atoms with van der Waals surface area (Å²) in [6.45, 7) is -1.79. The van der Waals surface area contributed by atoms with Crippen molar-refractivity contribution in [2.45, 2.75) is 81.5 Å². The average molecular weight is 1140 g/mol. The van der Waals surface area contributed by atoms with Gasteiger partial charge in [0.1, 0.15) is 48.7 Å². The fourth-order valence-electron chi connectivity index (χ4n) is 7.73. The van der Waals surface area contributed by atoms with Crippen molar-refractivity contribution in [3.05, 3.63) is 71.8 Å². The molecule has 2 aliphatic rings. The van der Waals surface area contributed by atoms with Crippen molar-refractivity contribution in [3.8, 4) is 0 Å². The van der Waals surface area contributed by atoms with Crippen LogP contribution < -0.4 is 33.2 Å². The topological polar surface area (TPSA) is 495 Å². The number of unbranched alkanes of at least 4 members (excludes halogenated alkanes) is 2. The molecule has 12 N–H and O–H groups in total. The Bertz CT molecular complexity index is 3110. The number of hydrogen-bond donors (Lipinski definition) is 10. The molecule has 0 saturated carbocycles. The smallest absolute Gasteiger partial charge is 0.379 e. The highest BCUT2D eigenvalue weighted by Crippen LogP contribution is 2.56. The van der Waals surface area contributed by atoms with E-state index in [-0.39, 0.29) is 72.3 Å². The number of aromatic nitrogens is 8. The number of aromatic amines is 2. The van der Waals surface area contributed by atoms with Crippen LogP contribution in [-0.2, 0) is 50.5 Å². The molecule has 410 valence electrons. The van der Waals surface area contributed by atoms with Gasteiger partial charge in [0.15, 0.2) is 22.3 Å². The number of carbonyl (C=O) groups is 1. The van der Waals surface area contributed by atoms with E-state index < -0.39 is 124 Å². The molecule has 9 atom stereocenters. The highest BCUT2D eigenvalue weighted by molar-refractivity contribution is 7.54. The van der Waals surface area contributed by atoms with E-state index in [9.17, 15) is 63.3 Å². The number of nitro groups is 2. The highest BCUT2D eigenvalue weighted by atomic mass is 35.5. The van der Waals surface area contributed by atoms with Crippen LogP contribution in [0.2, 0.25) is 0 Å². The van der Waals surface area contributed by atoms with E-state index in [1.165, 1.54) is 21.5 Å². The molecular formula is C36H49ClN14O21P3+. The summed E-state index contributed by atoms with van der Waals surface area (Å²) in [4.78, 5) is 122. The van der Waals surface area contributed by atoms with E-state index in [0.717, 1.165) is 25.6 Å². The van der Waals surface area contributed by atoms with Crippen LogP contribution in [-0.4, -0.2) is 144 Å². The Morgan fingerprint density at radius 2 is 1.49 bits per heavy atom. The number of rotatable bonds is 27. The zero-order chi connectivity index (χ0) is 54.4. The molecule has 1 amide bonds. The summed E-state index contributed by atoms with van der Waals surface area (Å²) in [5, 5.41) is 27.8. The number of nitrogens with one attached hydrogen (secondary N) is 4. The highest BCUT2D eigenvalue weighted by Gasteiger charge is 2.51. The number of ether oxygens (including phenoxy) is 2. The largest absolute Gasteiger partial charge is 0.570 e. The standard InChI is InChI=1S/C36H48ClN14O21P3/c1-65-73(59,60)71-22-10-27(48-16-42-29-31(48)44-35(38)46-33(29)53)68-24(22)15-67-75(63,64)72-23-11-28(49-17-43-30-32(49)45-36(39)47-34(30)54)69-25(23)14-66-74(61,62)70-19(12-37)13-41-26(52)5-3-2-4-8-40-20-7-6-18(50(55)56)9-21(20)51(57)58/h6-7,9,16-17,19,22-25,27-28,40,59-60H,2-5,8,10-15H2,1H3,(H8-,38,39,41,44,45,46,47,52,53,54,61,62,63,64)/p+1/t19?,22-,23-,24-,25-,27-,28-/m1/s1. The molecule has 75 heavy (non-hydrogen) atoms. The van der Waals surface area contributed by atoms with Gasteiger partial charge in [-0.1, -0.05) is 6.42 Å². The van der Waals surface area contributed by atoms with Gasteiger partial charge in [0, 0.05) is 38.4 Å². The minimum absolute atomic E-state index is 0.00610. The Hall–Kier alpha value is -5.71. The third kappa shape index (κ3) is 14.6. The van der Waals surface area contributed by atoms with Crippen molar-refractivity contribution in [3.63, 3.8) is 0 Å². The van der Waals surface area contributed by atoms with Gasteiger partial charge in [0.05, 0.1) is 54.8 Å². The molecule has 3 unspecified atom stereocenters. The van der Waals surface area contributed by atoms with Crippen LogP contribution in [0.4, 0.5) is 29.0 Å². The number of carbonyl (C=O) groups excluding carboxylic acids is 1. The van der Waals surface area contributed by atoms with E-state index in [0.29, 0.717) is 19.3 Å². The summed E-state index contributed by atoms with van der Waals surface area (Å²) in [5.41, 5.74) is 8.93. The van der Waals surface area contributed by atoms with Crippen LogP contribution in [0.1, 0.15) is 51.0 Å². The second-order valence-electron chi connectivity index (χ2n) is 16.4. The molecule has 2 aliphatic heterocycles. The Morgan fingerprint density at radius 3 is 2.05 bits per heavy atom. The fraction of sp³-hybridized carbons (Fsp3) is 0.528. The maximum Gasteiger partial charge on any atom is 0.570 e. The first kappa shape index (κ1) is 57.0. The number of benzene rings is 1. The van der Waals surface area contributed by atoms with Crippen LogP contribution in [0.15, 0.2) is 40.4 Å². The third-order valence-corrected chi connectivity index (χ3v) is 14.6. The second kappa shape index (κ2) is 24.1. The van der Waals surface area contributed by atoms with Crippen molar-refractivity contribution in [2.24, 2.45) is 0 Å². The number of non-ortho nitro benzene ring substituents is 1. The van der Waals surface area contributed by atoms with Crippen molar-refractivity contribution in [1.29, 1.82) is 0 Å². The van der Waals surface area contributed by atoms with E-state index in [2.05, 4.69) is 45.1 Å². The van der Waals surface area contributed by atoms with Gasteiger partial charge >= 0.3 is 23.8 Å². The van der Waals surface area contributed by atoms with Gasteiger partial charge in [-0.05, 0) is 18.9 Å². The van der Waals surface area contributed by atoms with Gasteiger partial charge in [-0.2, -0.15) is 24.3 Å². The number of H-pyrrole nitrogens is 2. The quantitative estimate of drug-likeness (QED) is 0.0117. The zero-order valence-corrected chi connectivity index (χ0v) is 42.3. The van der Waals surface area contributed by atoms with Crippen molar-refractivity contribution in [2.75, 3.05) is 56.1 Å². The predicted octanol–water partition coefficient (Wildman–Crippen LogP) is 1.53. The number of nitrogens with two attached hydrogens (primary N) is 2. The summed E-state index contributed by atoms with van der Waals surface area (Å²) in [5.74, 6) is -1.43. The summed E-state index contributed by atoms with van der Waals surface area (Å²) in [6, 6.07) is 3.21. The lowest BCUT2D eigenvalue weighted by atomic mass is 10.1. The summed E-state index contributed by atoms with van der Waals surface area (Å²) < 4.78 is 73.0. The summed E-state index contributed by atoms with van der Waals surface area (Å²) in [6.07, 6.45) is -6.18. The number of halogens is 1. The van der Waals surface area contributed by atoms with Gasteiger partial charge < -0.3 is 41.4 Å². The Labute approximate surface area is 425 Å². The maximum atomic E-state index is 13.7. The van der Waals surface area contributed by atoms with Gasteiger partial charge in [0.25, 0.3) is 22.5 Å². The minimum atomic E-state index is -5.25. The first-order valence-corrected chi connectivity index (χ1v) is 27.2. The van der Waals surface area contributed by atoms with Gasteiger partial charge in [0.2, 0.25) is 17.8 Å².